The van der Waals surface area contributed by atoms with Crippen LogP contribution in [0, 0.1) is 5.82 Å². The van der Waals surface area contributed by atoms with E-state index in [1.807, 2.05) is 6.26 Å². The molecule has 0 aromatic heterocycles. The van der Waals surface area contributed by atoms with Gasteiger partial charge in [0.05, 0.1) is 6.61 Å². The van der Waals surface area contributed by atoms with Gasteiger partial charge >= 0.3 is 0 Å². The molecule has 18 heavy (non-hydrogen) atoms. The number of rotatable bonds is 6. The molecule has 0 saturated heterocycles. The molecule has 102 valence electrons. The van der Waals surface area contributed by atoms with Crippen LogP contribution in [0.2, 0.25) is 0 Å². The molecule has 4 nitrogen and oxygen atoms in total. The van der Waals surface area contributed by atoms with Gasteiger partial charge in [0.15, 0.2) is 0 Å². The summed E-state index contributed by atoms with van der Waals surface area (Å²) in [5.74, 6) is -0.225. The van der Waals surface area contributed by atoms with E-state index in [0.717, 1.165) is 12.1 Å². The summed E-state index contributed by atoms with van der Waals surface area (Å²) in [6, 6.07) is 3.24. The first-order valence-corrected chi connectivity index (χ1v) is 8.19. The van der Waals surface area contributed by atoms with Crippen LogP contribution in [0.25, 0.3) is 0 Å². The highest BCUT2D eigenvalue weighted by atomic mass is 32.2. The molecular weight excluding hydrogens is 277 g/mol. The molecule has 0 saturated carbocycles. The average molecular weight is 293 g/mol. The Balaban J connectivity index is 3.04. The fraction of sp³-hybridized carbons (Fsp3) is 0.455. The van der Waals surface area contributed by atoms with E-state index in [-0.39, 0.29) is 12.6 Å². The fourth-order valence-electron chi connectivity index (χ4n) is 1.46. The largest absolute Gasteiger partial charge is 0.392 e. The molecule has 0 radical (unpaired) electrons. The fourth-order valence-corrected chi connectivity index (χ4v) is 3.52. The molecule has 2 N–H and O–H groups in total. The predicted molar refractivity (Wildman–Crippen MR) is 70.5 cm³/mol. The van der Waals surface area contributed by atoms with Crippen LogP contribution in [0.3, 0.4) is 0 Å². The number of sulfonamides is 1. The summed E-state index contributed by atoms with van der Waals surface area (Å²) in [4.78, 5) is -0.429. The zero-order chi connectivity index (χ0) is 13.8. The Morgan fingerprint density at radius 2 is 2.17 bits per heavy atom. The monoisotopic (exact) mass is 293 g/mol. The highest BCUT2D eigenvalue weighted by molar-refractivity contribution is 7.98. The van der Waals surface area contributed by atoms with Crippen molar-refractivity contribution < 1.29 is 17.9 Å². The van der Waals surface area contributed by atoms with Crippen LogP contribution in [0.1, 0.15) is 12.5 Å². The summed E-state index contributed by atoms with van der Waals surface area (Å²) in [6.07, 6.45) is 1.86. The Bertz CT molecular complexity index is 505. The quantitative estimate of drug-likeness (QED) is 0.831. The van der Waals surface area contributed by atoms with E-state index < -0.39 is 20.7 Å². The second kappa shape index (κ2) is 6.51. The molecule has 0 amide bonds. The molecule has 7 heteroatoms. The van der Waals surface area contributed by atoms with E-state index in [1.165, 1.54) is 17.8 Å². The van der Waals surface area contributed by atoms with Crippen molar-refractivity contribution in [2.45, 2.75) is 24.5 Å². The Morgan fingerprint density at radius 3 is 2.72 bits per heavy atom. The molecule has 0 aliphatic heterocycles. The minimum atomic E-state index is -3.89. The van der Waals surface area contributed by atoms with E-state index in [9.17, 15) is 12.8 Å². The van der Waals surface area contributed by atoms with Gasteiger partial charge < -0.3 is 5.11 Å². The van der Waals surface area contributed by atoms with Crippen molar-refractivity contribution in [3.8, 4) is 0 Å². The van der Waals surface area contributed by atoms with Crippen LogP contribution < -0.4 is 4.72 Å². The molecule has 1 atom stereocenters. The summed E-state index contributed by atoms with van der Waals surface area (Å²) in [7, 11) is -3.89. The van der Waals surface area contributed by atoms with Crippen molar-refractivity contribution in [3.05, 3.63) is 29.6 Å². The highest BCUT2D eigenvalue weighted by Gasteiger charge is 2.21. The maximum absolute atomic E-state index is 13.5. The maximum atomic E-state index is 13.5. The van der Waals surface area contributed by atoms with Crippen molar-refractivity contribution in [2.24, 2.45) is 0 Å². The van der Waals surface area contributed by atoms with E-state index >= 15 is 0 Å². The van der Waals surface area contributed by atoms with Gasteiger partial charge in [0.1, 0.15) is 10.7 Å². The Hall–Kier alpha value is -0.630. The van der Waals surface area contributed by atoms with Crippen LogP contribution >= 0.6 is 11.8 Å². The second-order valence-corrected chi connectivity index (χ2v) is 6.49. The third-order valence-corrected chi connectivity index (χ3v) is 4.68. The minimum Gasteiger partial charge on any atom is -0.392 e. The van der Waals surface area contributed by atoms with E-state index in [2.05, 4.69) is 4.72 Å². The van der Waals surface area contributed by atoms with Gasteiger partial charge in [0, 0.05) is 11.8 Å². The lowest BCUT2D eigenvalue weighted by atomic mass is 10.2. The van der Waals surface area contributed by atoms with E-state index in [0.29, 0.717) is 11.3 Å². The molecular formula is C11H16FNO3S2. The van der Waals surface area contributed by atoms with Gasteiger partial charge in [-0.25, -0.2) is 17.5 Å². The molecule has 0 bridgehead atoms. The Morgan fingerprint density at radius 1 is 1.50 bits per heavy atom. The third kappa shape index (κ3) is 3.94. The van der Waals surface area contributed by atoms with Gasteiger partial charge in [0.25, 0.3) is 0 Å². The smallest absolute Gasteiger partial charge is 0.243 e. The summed E-state index contributed by atoms with van der Waals surface area (Å²) in [5, 5.41) is 8.94. The van der Waals surface area contributed by atoms with Gasteiger partial charge in [-0.3, -0.25) is 0 Å². The van der Waals surface area contributed by atoms with E-state index in [1.54, 1.807) is 6.92 Å². The van der Waals surface area contributed by atoms with E-state index in [4.69, 9.17) is 5.11 Å². The average Bonchev–Trinajstić information content (AvgIpc) is 2.29. The van der Waals surface area contributed by atoms with Gasteiger partial charge in [-0.1, -0.05) is 6.07 Å². The van der Waals surface area contributed by atoms with Gasteiger partial charge in [-0.15, -0.1) is 0 Å². The number of nitrogens with one attached hydrogen (secondary N) is 1. The first-order valence-electron chi connectivity index (χ1n) is 5.31. The molecule has 0 fully saturated rings. The first-order chi connectivity index (χ1) is 8.40. The Labute approximate surface area is 111 Å². The molecule has 1 aromatic carbocycles. The molecule has 1 rings (SSSR count). The van der Waals surface area contributed by atoms with Crippen molar-refractivity contribution in [3.63, 3.8) is 0 Å². The summed E-state index contributed by atoms with van der Waals surface area (Å²) < 4.78 is 39.9. The zero-order valence-corrected chi connectivity index (χ0v) is 11.8. The number of aliphatic hydroxyl groups is 1. The molecule has 1 unspecified atom stereocenters. The normalized spacial score (nSPS) is 13.6. The molecule has 0 heterocycles. The lowest BCUT2D eigenvalue weighted by Gasteiger charge is -2.14. The summed E-state index contributed by atoms with van der Waals surface area (Å²) in [6.45, 7) is 1.38. The summed E-state index contributed by atoms with van der Waals surface area (Å²) >= 11 is 1.50. The molecule has 0 aliphatic carbocycles. The van der Waals surface area contributed by atoms with Gasteiger partial charge in [-0.2, -0.15) is 11.8 Å². The topological polar surface area (TPSA) is 66.4 Å². The van der Waals surface area contributed by atoms with Crippen molar-refractivity contribution in [1.82, 2.24) is 4.72 Å². The number of aliphatic hydroxyl groups excluding tert-OH is 1. The highest BCUT2D eigenvalue weighted by Crippen LogP contribution is 2.17. The van der Waals surface area contributed by atoms with Crippen molar-refractivity contribution in [1.29, 1.82) is 0 Å². The van der Waals surface area contributed by atoms with Crippen LogP contribution in [-0.4, -0.2) is 31.6 Å². The minimum absolute atomic E-state index is 0.290. The van der Waals surface area contributed by atoms with Crippen LogP contribution in [-0.2, 0) is 16.6 Å². The maximum Gasteiger partial charge on any atom is 0.243 e. The lowest BCUT2D eigenvalue weighted by molar-refractivity contribution is 0.281. The third-order valence-electron chi connectivity index (χ3n) is 2.24. The number of benzene rings is 1. The van der Waals surface area contributed by atoms with Gasteiger partial charge in [-0.05, 0) is 30.9 Å². The van der Waals surface area contributed by atoms with Crippen molar-refractivity contribution in [2.75, 3.05) is 12.0 Å². The molecule has 1 aromatic rings. The van der Waals surface area contributed by atoms with Crippen LogP contribution in [0.15, 0.2) is 23.1 Å². The van der Waals surface area contributed by atoms with Crippen molar-refractivity contribution >= 4 is 21.8 Å². The SMILES string of the molecule is CSCC(C)NS(=O)(=O)c1cc(CO)ccc1F. The van der Waals surface area contributed by atoms with Gasteiger partial charge in [0.2, 0.25) is 10.0 Å². The predicted octanol–water partition coefficient (Wildman–Crippen LogP) is 1.35. The first kappa shape index (κ1) is 15.4. The second-order valence-electron chi connectivity index (χ2n) is 3.90. The number of thioether (sulfide) groups is 1. The molecule has 0 spiro atoms. The zero-order valence-electron chi connectivity index (χ0n) is 10.2. The Kier molecular flexibility index (Phi) is 5.58. The summed E-state index contributed by atoms with van der Waals surface area (Å²) in [5.41, 5.74) is 0.356. The standard InChI is InChI=1S/C11H16FNO3S2/c1-8(7-17-2)13-18(15,16)11-5-9(6-14)3-4-10(11)12/h3-5,8,13-14H,6-7H2,1-2H3. The number of hydrogen-bond acceptors (Lipinski definition) is 4. The lowest BCUT2D eigenvalue weighted by Crippen LogP contribution is -2.34. The van der Waals surface area contributed by atoms with Crippen LogP contribution in [0.4, 0.5) is 4.39 Å². The van der Waals surface area contributed by atoms with Crippen LogP contribution in [0.5, 0.6) is 0 Å². The molecule has 0 aliphatic rings. The number of halogens is 1. The number of hydrogen-bond donors (Lipinski definition) is 2.